The first-order chi connectivity index (χ1) is 19.7. The van der Waals surface area contributed by atoms with Gasteiger partial charge in [0.15, 0.2) is 30.4 Å². The number of ketones is 1. The third kappa shape index (κ3) is 6.09. The zero-order valence-corrected chi connectivity index (χ0v) is 22.0. The van der Waals surface area contributed by atoms with E-state index < -0.39 is 59.9 Å². The Hall–Kier alpha value is -5.04. The summed E-state index contributed by atoms with van der Waals surface area (Å²) >= 11 is 0. The van der Waals surface area contributed by atoms with Gasteiger partial charge in [-0.3, -0.25) is 19.5 Å². The molecule has 2 heterocycles. The molecule has 13 heteroatoms. The number of amides is 2. The molecule has 2 unspecified atom stereocenters. The van der Waals surface area contributed by atoms with Crippen LogP contribution in [0.3, 0.4) is 0 Å². The van der Waals surface area contributed by atoms with E-state index in [-0.39, 0.29) is 29.4 Å². The minimum atomic E-state index is -2.10. The van der Waals surface area contributed by atoms with Crippen molar-refractivity contribution in [3.63, 3.8) is 0 Å². The summed E-state index contributed by atoms with van der Waals surface area (Å²) in [6, 6.07) is 13.1. The zero-order chi connectivity index (χ0) is 29.6. The Labute approximate surface area is 233 Å². The Morgan fingerprint density at radius 2 is 1.71 bits per heavy atom. The molecule has 2 atom stereocenters. The number of methoxy groups -OCH3 is 2. The Kier molecular flexibility index (Phi) is 8.78. The molecule has 2 N–H and O–H groups in total. The van der Waals surface area contributed by atoms with Crippen molar-refractivity contribution in [2.45, 2.75) is 18.2 Å². The monoisotopic (exact) mass is 567 g/mol. The topological polar surface area (TPSA) is 154 Å². The van der Waals surface area contributed by atoms with Crippen molar-refractivity contribution >= 4 is 23.8 Å². The van der Waals surface area contributed by atoms with Crippen molar-refractivity contribution in [3.8, 4) is 11.5 Å². The highest BCUT2D eigenvalue weighted by Crippen LogP contribution is 2.38. The van der Waals surface area contributed by atoms with Gasteiger partial charge in [0.2, 0.25) is 0 Å². The average Bonchev–Trinajstić information content (AvgIpc) is 3.35. The standard InChI is InChI=1S/C28H26FN3O9/c1-38-16-40-19-8-9-20(39-2)23(29)22(19)24(33)28(31-25(34)17-10-12-30-13-11-17)14-21(32(15-28)27(36)37)41-26(35)18-6-4-3-5-7-18/h3-13,21H,14-16H2,1-2H3,(H,31,34)(H,36,37). The lowest BCUT2D eigenvalue weighted by atomic mass is 9.86. The summed E-state index contributed by atoms with van der Waals surface area (Å²) < 4.78 is 36.5. The van der Waals surface area contributed by atoms with E-state index in [4.69, 9.17) is 18.9 Å². The van der Waals surface area contributed by atoms with E-state index in [1.165, 1.54) is 63.0 Å². The second kappa shape index (κ2) is 12.4. The summed E-state index contributed by atoms with van der Waals surface area (Å²) in [5.41, 5.74) is -2.48. The Morgan fingerprint density at radius 3 is 2.34 bits per heavy atom. The smallest absolute Gasteiger partial charge is 0.410 e. The normalized spacial score (nSPS) is 17.9. The number of Topliss-reactive ketones (excluding diaryl/α,β-unsaturated/α-hetero) is 1. The van der Waals surface area contributed by atoms with Gasteiger partial charge >= 0.3 is 12.1 Å². The van der Waals surface area contributed by atoms with Crippen LogP contribution in [0.5, 0.6) is 11.5 Å². The van der Waals surface area contributed by atoms with Crippen molar-refractivity contribution < 1.29 is 47.6 Å². The van der Waals surface area contributed by atoms with Crippen LogP contribution in [0, 0.1) is 5.82 Å². The van der Waals surface area contributed by atoms with Crippen LogP contribution >= 0.6 is 0 Å². The number of nitrogens with one attached hydrogen (secondary N) is 1. The van der Waals surface area contributed by atoms with Gasteiger partial charge < -0.3 is 29.4 Å². The van der Waals surface area contributed by atoms with Crippen LogP contribution in [0.1, 0.15) is 37.5 Å². The average molecular weight is 568 g/mol. The molecule has 12 nitrogen and oxygen atoms in total. The molecule has 1 fully saturated rings. The molecular weight excluding hydrogens is 541 g/mol. The number of carbonyl (C=O) groups is 4. The van der Waals surface area contributed by atoms with Gasteiger partial charge in [-0.15, -0.1) is 0 Å². The number of carboxylic acid groups (broad SMARTS) is 1. The fraction of sp³-hybridized carbons (Fsp3) is 0.250. The lowest BCUT2D eigenvalue weighted by Gasteiger charge is -2.29. The van der Waals surface area contributed by atoms with Gasteiger partial charge in [-0.1, -0.05) is 18.2 Å². The molecule has 1 aliphatic rings. The van der Waals surface area contributed by atoms with Crippen molar-refractivity contribution in [2.24, 2.45) is 0 Å². The first-order valence-electron chi connectivity index (χ1n) is 12.2. The van der Waals surface area contributed by atoms with Gasteiger partial charge in [-0.2, -0.15) is 0 Å². The number of benzene rings is 2. The highest BCUT2D eigenvalue weighted by molar-refractivity contribution is 6.10. The SMILES string of the molecule is COCOc1ccc(OC)c(F)c1C(=O)C1(NC(=O)c2ccncc2)CC(OC(=O)c2ccccc2)N(C(=O)O)C1. The van der Waals surface area contributed by atoms with E-state index in [1.807, 2.05) is 0 Å². The molecule has 214 valence electrons. The molecule has 0 spiro atoms. The van der Waals surface area contributed by atoms with E-state index in [2.05, 4.69) is 10.3 Å². The number of likely N-dealkylation sites (tertiary alicyclic amines) is 1. The fourth-order valence-electron chi connectivity index (χ4n) is 4.42. The number of ether oxygens (including phenoxy) is 4. The largest absolute Gasteiger partial charge is 0.494 e. The molecule has 1 saturated heterocycles. The number of rotatable bonds is 10. The molecule has 2 amide bonds. The summed E-state index contributed by atoms with van der Waals surface area (Å²) in [5.74, 6) is -4.30. The van der Waals surface area contributed by atoms with Gasteiger partial charge in [-0.25, -0.2) is 14.0 Å². The van der Waals surface area contributed by atoms with Crippen LogP contribution < -0.4 is 14.8 Å². The minimum absolute atomic E-state index is 0.0979. The highest BCUT2D eigenvalue weighted by Gasteiger charge is 2.55. The lowest BCUT2D eigenvalue weighted by Crippen LogP contribution is -2.56. The number of hydrogen-bond acceptors (Lipinski definition) is 9. The first kappa shape index (κ1) is 29.0. The summed E-state index contributed by atoms with van der Waals surface area (Å²) in [6.07, 6.45) is -0.882. The molecule has 41 heavy (non-hydrogen) atoms. The molecule has 0 bridgehead atoms. The predicted octanol–water partition coefficient (Wildman–Crippen LogP) is 3.13. The first-order valence-corrected chi connectivity index (χ1v) is 12.2. The van der Waals surface area contributed by atoms with Crippen molar-refractivity contribution in [2.75, 3.05) is 27.6 Å². The van der Waals surface area contributed by atoms with Gasteiger partial charge in [0, 0.05) is 31.5 Å². The number of nitrogens with zero attached hydrogens (tertiary/aromatic N) is 2. The number of halogens is 1. The molecular formula is C28H26FN3O9. The van der Waals surface area contributed by atoms with Crippen LogP contribution in [-0.4, -0.2) is 78.1 Å². The van der Waals surface area contributed by atoms with Crippen LogP contribution in [0.25, 0.3) is 0 Å². The second-order valence-electron chi connectivity index (χ2n) is 8.95. The van der Waals surface area contributed by atoms with Gasteiger partial charge in [0.05, 0.1) is 19.2 Å². The summed E-state index contributed by atoms with van der Waals surface area (Å²) in [4.78, 5) is 57.2. The Morgan fingerprint density at radius 1 is 1.02 bits per heavy atom. The fourth-order valence-corrected chi connectivity index (χ4v) is 4.42. The van der Waals surface area contributed by atoms with Crippen molar-refractivity contribution in [1.29, 1.82) is 0 Å². The van der Waals surface area contributed by atoms with Gasteiger partial charge in [-0.05, 0) is 36.4 Å². The minimum Gasteiger partial charge on any atom is -0.494 e. The van der Waals surface area contributed by atoms with Crippen molar-refractivity contribution in [1.82, 2.24) is 15.2 Å². The van der Waals surface area contributed by atoms with E-state index in [1.54, 1.807) is 18.2 Å². The quantitative estimate of drug-likeness (QED) is 0.212. The third-order valence-corrected chi connectivity index (χ3v) is 6.39. The maximum Gasteiger partial charge on any atom is 0.410 e. The zero-order valence-electron chi connectivity index (χ0n) is 22.0. The van der Waals surface area contributed by atoms with Gasteiger partial charge in [0.1, 0.15) is 16.9 Å². The van der Waals surface area contributed by atoms with E-state index in [0.29, 0.717) is 4.90 Å². The Bertz CT molecular complexity index is 1440. The molecule has 1 aromatic heterocycles. The summed E-state index contributed by atoms with van der Waals surface area (Å²) in [6.45, 7) is -1.02. The van der Waals surface area contributed by atoms with Crippen LogP contribution in [-0.2, 0) is 9.47 Å². The third-order valence-electron chi connectivity index (χ3n) is 6.39. The number of esters is 1. The lowest BCUT2D eigenvalue weighted by molar-refractivity contribution is -0.00847. The van der Waals surface area contributed by atoms with Crippen molar-refractivity contribution in [3.05, 3.63) is 89.5 Å². The number of pyridine rings is 1. The van der Waals surface area contributed by atoms with E-state index in [9.17, 15) is 24.3 Å². The number of aromatic nitrogens is 1. The molecule has 4 rings (SSSR count). The molecule has 3 aromatic rings. The second-order valence-corrected chi connectivity index (χ2v) is 8.95. The number of carbonyl (C=O) groups excluding carboxylic acids is 3. The van der Waals surface area contributed by atoms with E-state index in [0.717, 1.165) is 0 Å². The maximum absolute atomic E-state index is 15.7. The highest BCUT2D eigenvalue weighted by atomic mass is 19.1. The van der Waals surface area contributed by atoms with E-state index >= 15 is 4.39 Å². The molecule has 2 aromatic carbocycles. The van der Waals surface area contributed by atoms with Crippen LogP contribution in [0.15, 0.2) is 67.0 Å². The summed E-state index contributed by atoms with van der Waals surface area (Å²) in [5, 5.41) is 12.6. The molecule has 0 radical (unpaired) electrons. The predicted molar refractivity (Wildman–Crippen MR) is 139 cm³/mol. The summed E-state index contributed by atoms with van der Waals surface area (Å²) in [7, 11) is 2.52. The van der Waals surface area contributed by atoms with Crippen LogP contribution in [0.4, 0.5) is 9.18 Å². The Balaban J connectivity index is 1.80. The molecule has 1 aliphatic heterocycles. The molecule has 0 aliphatic carbocycles. The van der Waals surface area contributed by atoms with Crippen LogP contribution in [0.2, 0.25) is 0 Å². The maximum atomic E-state index is 15.7. The molecule has 0 saturated carbocycles. The van der Waals surface area contributed by atoms with Gasteiger partial charge in [0.25, 0.3) is 5.91 Å². The number of hydrogen-bond donors (Lipinski definition) is 2.